The number of fused-ring (bicyclic) bond motifs is 1. The number of halogens is 4. The highest BCUT2D eigenvalue weighted by Crippen LogP contribution is 2.32. The number of nitrogens with one attached hydrogen (secondary N) is 1. The molecule has 1 N–H and O–H groups in total. The molecule has 0 atom stereocenters. The minimum absolute atomic E-state index is 0.147. The molecule has 0 aliphatic carbocycles. The summed E-state index contributed by atoms with van der Waals surface area (Å²) in [4.78, 5) is 27.4. The van der Waals surface area contributed by atoms with Crippen molar-refractivity contribution >= 4 is 40.3 Å². The fourth-order valence-electron chi connectivity index (χ4n) is 2.53. The predicted octanol–water partition coefficient (Wildman–Crippen LogP) is 4.23. The lowest BCUT2D eigenvalue weighted by atomic mass is 10.1. The number of carbonyl (C=O) groups excluding carboxylic acids is 2. The molecule has 0 saturated heterocycles. The van der Waals surface area contributed by atoms with E-state index in [0.29, 0.717) is 34.5 Å². The molecule has 0 unspecified atom stereocenters. The third-order valence-corrected chi connectivity index (χ3v) is 4.28. The number of pyridine rings is 1. The van der Waals surface area contributed by atoms with Gasteiger partial charge in [-0.25, -0.2) is 4.98 Å². The first-order valence-corrected chi connectivity index (χ1v) is 8.77. The Hall–Kier alpha value is -3.27. The Morgan fingerprint density at radius 2 is 2.03 bits per heavy atom. The van der Waals surface area contributed by atoms with Gasteiger partial charge in [-0.15, -0.1) is 0 Å². The van der Waals surface area contributed by atoms with Gasteiger partial charge >= 0.3 is 12.1 Å². The van der Waals surface area contributed by atoms with E-state index in [9.17, 15) is 22.8 Å². The minimum Gasteiger partial charge on any atom is -0.497 e. The van der Waals surface area contributed by atoms with E-state index in [4.69, 9.17) is 25.5 Å². The Labute approximate surface area is 172 Å². The van der Waals surface area contributed by atoms with Crippen molar-refractivity contribution in [1.82, 2.24) is 4.98 Å². The van der Waals surface area contributed by atoms with Crippen LogP contribution in [0.2, 0.25) is 5.02 Å². The number of nitrogens with zero attached hydrogens (tertiary/aromatic N) is 1. The maximum atomic E-state index is 12.6. The van der Waals surface area contributed by atoms with E-state index < -0.39 is 35.2 Å². The molecule has 158 valence electrons. The first-order chi connectivity index (χ1) is 14.2. The number of amides is 1. The zero-order valence-electron chi connectivity index (χ0n) is 15.4. The second kappa shape index (κ2) is 8.62. The van der Waals surface area contributed by atoms with Crippen molar-refractivity contribution in [3.63, 3.8) is 0 Å². The molecule has 11 heteroatoms. The number of hydrogen-bond acceptors (Lipinski definition) is 6. The van der Waals surface area contributed by atoms with Crippen LogP contribution < -0.4 is 10.1 Å². The van der Waals surface area contributed by atoms with Crippen LogP contribution in [0.25, 0.3) is 11.0 Å². The third-order valence-electron chi connectivity index (χ3n) is 3.99. The van der Waals surface area contributed by atoms with Crippen molar-refractivity contribution in [3.05, 3.63) is 52.9 Å². The molecule has 7 nitrogen and oxygen atoms in total. The summed E-state index contributed by atoms with van der Waals surface area (Å²) in [6, 6.07) is 5.74. The summed E-state index contributed by atoms with van der Waals surface area (Å²) in [5.74, 6) is -1.19. The molecule has 0 saturated carbocycles. The number of anilines is 1. The number of rotatable bonds is 6. The Morgan fingerprint density at radius 3 is 2.70 bits per heavy atom. The minimum atomic E-state index is -4.61. The molecule has 0 aliphatic heterocycles. The van der Waals surface area contributed by atoms with Gasteiger partial charge in [-0.1, -0.05) is 11.6 Å². The number of hydrogen-bond donors (Lipinski definition) is 1. The highest BCUT2D eigenvalue weighted by molar-refractivity contribution is 6.33. The highest BCUT2D eigenvalue weighted by Gasteiger charge is 2.31. The van der Waals surface area contributed by atoms with Gasteiger partial charge in [-0.3, -0.25) is 9.59 Å². The normalized spacial score (nSPS) is 11.4. The van der Waals surface area contributed by atoms with Crippen LogP contribution in [0.15, 0.2) is 41.1 Å². The lowest BCUT2D eigenvalue weighted by molar-refractivity contribution is -0.146. The number of esters is 1. The molecule has 0 bridgehead atoms. The molecule has 2 heterocycles. The standard InChI is InChI=1S/C19H14ClF3N2O5/c1-28-12-2-3-13-10(8-29-15(13)6-12)4-17(27)30-9-16(26)25-18-14(20)5-11(7-24-18)19(21,22)23/h2-3,5-8H,4,9H2,1H3,(H,24,25,26). The number of carbonyl (C=O) groups is 2. The van der Waals surface area contributed by atoms with E-state index in [-0.39, 0.29) is 12.2 Å². The van der Waals surface area contributed by atoms with Crippen molar-refractivity contribution < 1.29 is 36.7 Å². The van der Waals surface area contributed by atoms with Gasteiger partial charge in [0.1, 0.15) is 11.3 Å². The van der Waals surface area contributed by atoms with Crippen LogP contribution in [0.1, 0.15) is 11.1 Å². The maximum absolute atomic E-state index is 12.6. The smallest absolute Gasteiger partial charge is 0.417 e. The molecular weight excluding hydrogens is 429 g/mol. The van der Waals surface area contributed by atoms with Crippen LogP contribution in [0, 0.1) is 0 Å². The van der Waals surface area contributed by atoms with Crippen LogP contribution in [0.4, 0.5) is 19.0 Å². The number of benzene rings is 1. The fourth-order valence-corrected chi connectivity index (χ4v) is 2.75. The largest absolute Gasteiger partial charge is 0.497 e. The topological polar surface area (TPSA) is 90.7 Å². The van der Waals surface area contributed by atoms with Crippen LogP contribution in [-0.2, 0) is 26.9 Å². The van der Waals surface area contributed by atoms with Gasteiger partial charge < -0.3 is 19.2 Å². The van der Waals surface area contributed by atoms with Crippen LogP contribution in [0.3, 0.4) is 0 Å². The summed E-state index contributed by atoms with van der Waals surface area (Å²) in [5, 5.41) is 2.48. The molecule has 0 radical (unpaired) electrons. The molecular formula is C19H14ClF3N2O5. The summed E-state index contributed by atoms with van der Waals surface area (Å²) in [6.07, 6.45) is -2.83. The third kappa shape index (κ3) is 5.01. The Kier molecular flexibility index (Phi) is 6.16. The molecule has 30 heavy (non-hydrogen) atoms. The lowest BCUT2D eigenvalue weighted by Gasteiger charge is -2.10. The summed E-state index contributed by atoms with van der Waals surface area (Å²) in [6.45, 7) is -0.665. The van der Waals surface area contributed by atoms with Gasteiger partial charge in [-0.2, -0.15) is 13.2 Å². The van der Waals surface area contributed by atoms with Crippen molar-refractivity contribution in [3.8, 4) is 5.75 Å². The maximum Gasteiger partial charge on any atom is 0.417 e. The van der Waals surface area contributed by atoms with Crippen LogP contribution in [0.5, 0.6) is 5.75 Å². The Balaban J connectivity index is 1.56. The van der Waals surface area contributed by atoms with Gasteiger partial charge in [0.25, 0.3) is 5.91 Å². The molecule has 1 aromatic carbocycles. The number of furan rings is 1. The van der Waals surface area contributed by atoms with E-state index in [1.165, 1.54) is 13.4 Å². The quantitative estimate of drug-likeness (QED) is 0.574. The number of methoxy groups -OCH3 is 1. The molecule has 0 fully saturated rings. The molecule has 0 spiro atoms. The van der Waals surface area contributed by atoms with E-state index >= 15 is 0 Å². The molecule has 1 amide bonds. The van der Waals surface area contributed by atoms with Gasteiger partial charge in [-0.05, 0) is 18.2 Å². The summed E-state index contributed by atoms with van der Waals surface area (Å²) >= 11 is 5.71. The van der Waals surface area contributed by atoms with Crippen LogP contribution >= 0.6 is 11.6 Å². The molecule has 0 aliphatic rings. The Morgan fingerprint density at radius 1 is 1.27 bits per heavy atom. The van der Waals surface area contributed by atoms with Gasteiger partial charge in [0.05, 0.1) is 30.4 Å². The van der Waals surface area contributed by atoms with E-state index in [0.717, 1.165) is 0 Å². The average molecular weight is 443 g/mol. The molecule has 3 aromatic rings. The van der Waals surface area contributed by atoms with E-state index in [2.05, 4.69) is 10.3 Å². The zero-order chi connectivity index (χ0) is 21.9. The predicted molar refractivity (Wildman–Crippen MR) is 100 cm³/mol. The summed E-state index contributed by atoms with van der Waals surface area (Å²) in [7, 11) is 1.51. The SMILES string of the molecule is COc1ccc2c(CC(=O)OCC(=O)Nc3ncc(C(F)(F)F)cc3Cl)coc2c1. The van der Waals surface area contributed by atoms with Crippen LogP contribution in [-0.4, -0.2) is 30.6 Å². The first-order valence-electron chi connectivity index (χ1n) is 8.39. The van der Waals surface area contributed by atoms with Crippen molar-refractivity contribution in [2.45, 2.75) is 12.6 Å². The number of aromatic nitrogens is 1. The number of alkyl halides is 3. The summed E-state index contributed by atoms with van der Waals surface area (Å²) < 4.78 is 53.2. The van der Waals surface area contributed by atoms with Gasteiger partial charge in [0.15, 0.2) is 12.4 Å². The molecule has 2 aromatic heterocycles. The summed E-state index contributed by atoms with van der Waals surface area (Å²) in [5.41, 5.74) is 0.0327. The van der Waals surface area contributed by atoms with Crippen molar-refractivity contribution in [1.29, 1.82) is 0 Å². The van der Waals surface area contributed by atoms with Gasteiger partial charge in [0.2, 0.25) is 0 Å². The Bertz CT molecular complexity index is 1100. The van der Waals surface area contributed by atoms with Gasteiger partial charge in [0, 0.05) is 23.2 Å². The van der Waals surface area contributed by atoms with E-state index in [1.54, 1.807) is 18.2 Å². The van der Waals surface area contributed by atoms with Crippen molar-refractivity contribution in [2.75, 3.05) is 19.0 Å². The molecule has 3 rings (SSSR count). The fraction of sp³-hybridized carbons (Fsp3) is 0.211. The monoisotopic (exact) mass is 442 g/mol. The lowest BCUT2D eigenvalue weighted by Crippen LogP contribution is -2.22. The van der Waals surface area contributed by atoms with E-state index in [1.807, 2.05) is 0 Å². The zero-order valence-corrected chi connectivity index (χ0v) is 16.1. The highest BCUT2D eigenvalue weighted by atomic mass is 35.5. The second-order valence-electron chi connectivity index (χ2n) is 6.06. The average Bonchev–Trinajstić information content (AvgIpc) is 3.09. The first kappa shape index (κ1) is 21.4. The second-order valence-corrected chi connectivity index (χ2v) is 6.47. The van der Waals surface area contributed by atoms with Crippen molar-refractivity contribution in [2.24, 2.45) is 0 Å². The number of ether oxygens (including phenoxy) is 2.